The largest absolute Gasteiger partial charge is 0.476 e. The van der Waals surface area contributed by atoms with E-state index in [4.69, 9.17) is 16.7 Å². The van der Waals surface area contributed by atoms with Gasteiger partial charge < -0.3 is 5.11 Å². The van der Waals surface area contributed by atoms with Crippen LogP contribution in [0.2, 0.25) is 5.02 Å². The second-order valence-electron chi connectivity index (χ2n) is 3.30. The van der Waals surface area contributed by atoms with Crippen molar-refractivity contribution in [1.29, 1.82) is 0 Å². The summed E-state index contributed by atoms with van der Waals surface area (Å²) in [6.45, 7) is 0.325. The molecule has 0 atom stereocenters. The molecule has 2 aromatic rings. The maximum Gasteiger partial charge on any atom is 0.358 e. The average molecular weight is 317 g/mol. The molecular formula is C10H7BrClN3O2. The molecule has 0 aliphatic carbocycles. The molecule has 0 radical (unpaired) electrons. The van der Waals surface area contributed by atoms with Crippen LogP contribution in [-0.4, -0.2) is 26.1 Å². The van der Waals surface area contributed by atoms with Crippen molar-refractivity contribution in [1.82, 2.24) is 15.0 Å². The molecule has 0 aliphatic heterocycles. The molecule has 0 bridgehead atoms. The van der Waals surface area contributed by atoms with E-state index in [0.717, 1.165) is 10.0 Å². The highest BCUT2D eigenvalue weighted by Crippen LogP contribution is 2.21. The van der Waals surface area contributed by atoms with Gasteiger partial charge in [-0.15, -0.1) is 5.10 Å². The topological polar surface area (TPSA) is 68.0 Å². The predicted octanol–water partition coefficient (Wildman–Crippen LogP) is 2.44. The molecule has 2 rings (SSSR count). The summed E-state index contributed by atoms with van der Waals surface area (Å²) in [6.07, 6.45) is 1.20. The number of nitrogens with zero attached hydrogens (tertiary/aromatic N) is 3. The molecular weight excluding hydrogens is 309 g/mol. The molecule has 0 saturated heterocycles. The lowest BCUT2D eigenvalue weighted by atomic mass is 10.2. The van der Waals surface area contributed by atoms with Crippen molar-refractivity contribution < 1.29 is 9.90 Å². The Morgan fingerprint density at radius 2 is 2.29 bits per heavy atom. The van der Waals surface area contributed by atoms with Gasteiger partial charge in [-0.2, -0.15) is 9.90 Å². The number of benzene rings is 1. The lowest BCUT2D eigenvalue weighted by Gasteiger charge is -2.03. The van der Waals surface area contributed by atoms with Gasteiger partial charge in [0.1, 0.15) is 0 Å². The van der Waals surface area contributed by atoms with Gasteiger partial charge in [-0.05, 0) is 23.8 Å². The smallest absolute Gasteiger partial charge is 0.358 e. The third kappa shape index (κ3) is 2.83. The maximum atomic E-state index is 10.6. The molecule has 17 heavy (non-hydrogen) atoms. The fourth-order valence-electron chi connectivity index (χ4n) is 1.29. The van der Waals surface area contributed by atoms with Crippen molar-refractivity contribution >= 4 is 33.5 Å². The van der Waals surface area contributed by atoms with Crippen LogP contribution in [0.15, 0.2) is 28.9 Å². The summed E-state index contributed by atoms with van der Waals surface area (Å²) >= 11 is 9.34. The molecule has 1 aromatic carbocycles. The first-order valence-corrected chi connectivity index (χ1v) is 5.80. The molecule has 0 fully saturated rings. The number of rotatable bonds is 3. The molecule has 88 valence electrons. The van der Waals surface area contributed by atoms with Gasteiger partial charge in [0.05, 0.1) is 12.7 Å². The van der Waals surface area contributed by atoms with Crippen LogP contribution in [0.3, 0.4) is 0 Å². The Bertz CT molecular complexity index is 570. The molecule has 1 aromatic heterocycles. The van der Waals surface area contributed by atoms with Gasteiger partial charge in [-0.1, -0.05) is 27.5 Å². The predicted molar refractivity (Wildman–Crippen MR) is 65.2 cm³/mol. The molecule has 1 N–H and O–H groups in total. The molecule has 0 amide bonds. The van der Waals surface area contributed by atoms with Gasteiger partial charge in [0.15, 0.2) is 5.69 Å². The van der Waals surface area contributed by atoms with Crippen LogP contribution in [0.25, 0.3) is 0 Å². The first kappa shape index (κ1) is 12.1. The van der Waals surface area contributed by atoms with E-state index in [2.05, 4.69) is 26.1 Å². The van der Waals surface area contributed by atoms with E-state index in [1.165, 1.54) is 11.0 Å². The van der Waals surface area contributed by atoms with Crippen molar-refractivity contribution in [3.8, 4) is 0 Å². The van der Waals surface area contributed by atoms with Crippen molar-refractivity contribution in [2.24, 2.45) is 0 Å². The van der Waals surface area contributed by atoms with E-state index < -0.39 is 5.97 Å². The van der Waals surface area contributed by atoms with Crippen molar-refractivity contribution in [3.05, 3.63) is 45.1 Å². The number of aromatic carboxylic acids is 1. The third-order valence-electron chi connectivity index (χ3n) is 2.08. The van der Waals surface area contributed by atoms with E-state index in [9.17, 15) is 4.79 Å². The highest BCUT2D eigenvalue weighted by Gasteiger charge is 2.09. The van der Waals surface area contributed by atoms with Crippen molar-refractivity contribution in [2.45, 2.75) is 6.54 Å². The molecule has 0 unspecified atom stereocenters. The molecule has 1 heterocycles. The molecule has 0 aliphatic rings. The Balaban J connectivity index is 2.25. The molecule has 7 heteroatoms. The minimum absolute atomic E-state index is 0.0869. The summed E-state index contributed by atoms with van der Waals surface area (Å²) in [4.78, 5) is 11.9. The van der Waals surface area contributed by atoms with E-state index in [1.54, 1.807) is 6.07 Å². The minimum atomic E-state index is -1.10. The van der Waals surface area contributed by atoms with Gasteiger partial charge in [0, 0.05) is 9.50 Å². The van der Waals surface area contributed by atoms with Gasteiger partial charge in [0.25, 0.3) is 0 Å². The molecule has 5 nitrogen and oxygen atoms in total. The number of hydrogen-bond acceptors (Lipinski definition) is 3. The fraction of sp³-hybridized carbons (Fsp3) is 0.100. The number of carboxylic acids is 1. The first-order valence-electron chi connectivity index (χ1n) is 4.63. The normalized spacial score (nSPS) is 10.5. The third-order valence-corrected chi connectivity index (χ3v) is 2.94. The summed E-state index contributed by atoms with van der Waals surface area (Å²) in [7, 11) is 0. The SMILES string of the molecule is O=C(O)c1cnn(Cc2cc(Br)ccc2Cl)n1. The van der Waals surface area contributed by atoms with Crippen LogP contribution in [0.1, 0.15) is 16.1 Å². The quantitative estimate of drug-likeness (QED) is 0.944. The fourth-order valence-corrected chi connectivity index (χ4v) is 1.87. The average Bonchev–Trinajstić information content (AvgIpc) is 2.72. The Morgan fingerprint density at radius 3 is 2.94 bits per heavy atom. The van der Waals surface area contributed by atoms with Crippen LogP contribution >= 0.6 is 27.5 Å². The second-order valence-corrected chi connectivity index (χ2v) is 4.62. The van der Waals surface area contributed by atoms with Crippen LogP contribution in [0, 0.1) is 0 Å². The molecule has 0 saturated carbocycles. The van der Waals surface area contributed by atoms with E-state index in [0.29, 0.717) is 11.6 Å². The second kappa shape index (κ2) is 4.85. The zero-order chi connectivity index (χ0) is 12.4. The lowest BCUT2D eigenvalue weighted by molar-refractivity contribution is 0.0689. The Hall–Kier alpha value is -1.40. The summed E-state index contributed by atoms with van der Waals surface area (Å²) in [5.74, 6) is -1.10. The van der Waals surface area contributed by atoms with Gasteiger partial charge in [-0.3, -0.25) is 0 Å². The van der Waals surface area contributed by atoms with Crippen molar-refractivity contribution in [3.63, 3.8) is 0 Å². The van der Waals surface area contributed by atoms with Gasteiger partial charge in [-0.25, -0.2) is 4.79 Å². The first-order chi connectivity index (χ1) is 8.06. The number of aromatic nitrogens is 3. The lowest BCUT2D eigenvalue weighted by Crippen LogP contribution is -2.06. The summed E-state index contributed by atoms with van der Waals surface area (Å²) in [6, 6.07) is 5.42. The van der Waals surface area contributed by atoms with Crippen molar-refractivity contribution in [2.75, 3.05) is 0 Å². The van der Waals surface area contributed by atoms with Crippen LogP contribution < -0.4 is 0 Å². The van der Waals surface area contributed by atoms with Gasteiger partial charge in [0.2, 0.25) is 0 Å². The number of hydrogen-bond donors (Lipinski definition) is 1. The van der Waals surface area contributed by atoms with E-state index >= 15 is 0 Å². The van der Waals surface area contributed by atoms with E-state index in [-0.39, 0.29) is 5.69 Å². The highest BCUT2D eigenvalue weighted by atomic mass is 79.9. The zero-order valence-electron chi connectivity index (χ0n) is 8.47. The maximum absolute atomic E-state index is 10.6. The standard InChI is InChI=1S/C10H7BrClN3O2/c11-7-1-2-8(12)6(3-7)5-15-13-4-9(14-15)10(16)17/h1-4H,5H2,(H,16,17). The minimum Gasteiger partial charge on any atom is -0.476 e. The van der Waals surface area contributed by atoms with E-state index in [1.807, 2.05) is 12.1 Å². The summed E-state index contributed by atoms with van der Waals surface area (Å²) in [5.41, 5.74) is 0.727. The van der Waals surface area contributed by atoms with Gasteiger partial charge >= 0.3 is 5.97 Å². The Morgan fingerprint density at radius 1 is 1.53 bits per heavy atom. The Kier molecular flexibility index (Phi) is 3.44. The van der Waals surface area contributed by atoms with Crippen LogP contribution in [-0.2, 0) is 6.54 Å². The summed E-state index contributed by atoms with van der Waals surface area (Å²) in [5, 5.41) is 17.0. The van der Waals surface area contributed by atoms with Crippen LogP contribution in [0.5, 0.6) is 0 Å². The monoisotopic (exact) mass is 315 g/mol. The van der Waals surface area contributed by atoms with Crippen LogP contribution in [0.4, 0.5) is 0 Å². The highest BCUT2D eigenvalue weighted by molar-refractivity contribution is 9.10. The number of carbonyl (C=O) groups is 1. The number of halogens is 2. The Labute approximate surface area is 110 Å². The zero-order valence-corrected chi connectivity index (χ0v) is 10.8. The molecule has 0 spiro atoms. The number of carboxylic acid groups (broad SMARTS) is 1. The summed E-state index contributed by atoms with van der Waals surface area (Å²) < 4.78 is 0.891.